The first kappa shape index (κ1) is 12.6. The quantitative estimate of drug-likeness (QED) is 0.715. The van der Waals surface area contributed by atoms with Crippen molar-refractivity contribution < 1.29 is 4.79 Å². The summed E-state index contributed by atoms with van der Waals surface area (Å²) in [5.41, 5.74) is 3.49. The van der Waals surface area contributed by atoms with E-state index in [1.165, 1.54) is 0 Å². The van der Waals surface area contributed by atoms with Gasteiger partial charge in [0, 0.05) is 25.8 Å². The maximum Gasteiger partial charge on any atom is 0.256 e. The summed E-state index contributed by atoms with van der Waals surface area (Å²) in [4.78, 5) is 12.0. The number of carbonyl (C=O) groups is 1. The summed E-state index contributed by atoms with van der Waals surface area (Å²) in [7, 11) is 0. The fourth-order valence-electron chi connectivity index (χ4n) is 2.11. The van der Waals surface area contributed by atoms with Gasteiger partial charge in [0.2, 0.25) is 0 Å². The molecule has 1 aliphatic rings. The van der Waals surface area contributed by atoms with Crippen LogP contribution in [-0.4, -0.2) is 5.91 Å². The predicted molar refractivity (Wildman–Crippen MR) is 84.8 cm³/mol. The van der Waals surface area contributed by atoms with E-state index < -0.39 is 0 Å². The molecule has 0 radical (unpaired) electrons. The van der Waals surface area contributed by atoms with E-state index in [1.54, 1.807) is 0 Å². The van der Waals surface area contributed by atoms with Gasteiger partial charge in [-0.1, -0.05) is 50.1 Å². The van der Waals surface area contributed by atoms with Crippen molar-refractivity contribution in [3.8, 4) is 0 Å². The molecule has 1 amide bonds. The van der Waals surface area contributed by atoms with Crippen molar-refractivity contribution >= 4 is 55.1 Å². The maximum atomic E-state index is 12.0. The number of anilines is 1. The van der Waals surface area contributed by atoms with Gasteiger partial charge in [-0.2, -0.15) is 0 Å². The van der Waals surface area contributed by atoms with Crippen LogP contribution in [0.15, 0.2) is 51.4 Å². The molecule has 3 rings (SSSR count). The normalized spacial score (nSPS) is 15.5. The van der Waals surface area contributed by atoms with E-state index in [1.807, 2.05) is 48.5 Å². The van der Waals surface area contributed by atoms with Crippen LogP contribution in [0.3, 0.4) is 0 Å². The molecule has 1 aliphatic heterocycles. The van der Waals surface area contributed by atoms with Crippen LogP contribution in [0.1, 0.15) is 11.1 Å². The lowest BCUT2D eigenvalue weighted by molar-refractivity contribution is -0.110. The van der Waals surface area contributed by atoms with Crippen LogP contribution in [0.25, 0.3) is 11.6 Å². The smallest absolute Gasteiger partial charge is 0.256 e. The highest BCUT2D eigenvalue weighted by Gasteiger charge is 2.23. The van der Waals surface area contributed by atoms with E-state index in [0.29, 0.717) is 5.57 Å². The van der Waals surface area contributed by atoms with Crippen molar-refractivity contribution in [2.24, 2.45) is 0 Å². The molecule has 0 atom stereocenters. The van der Waals surface area contributed by atoms with Gasteiger partial charge in [-0.3, -0.25) is 4.79 Å². The Labute approximate surface area is 127 Å². The van der Waals surface area contributed by atoms with E-state index in [4.69, 9.17) is 0 Å². The van der Waals surface area contributed by atoms with Crippen molar-refractivity contribution in [2.75, 3.05) is 5.32 Å². The molecule has 19 heavy (non-hydrogen) atoms. The second-order valence-electron chi connectivity index (χ2n) is 4.26. The molecule has 0 aliphatic carbocycles. The van der Waals surface area contributed by atoms with Crippen LogP contribution in [0.4, 0.5) is 5.69 Å². The number of amides is 1. The first-order valence-corrected chi connectivity index (χ1v) is 7.30. The topological polar surface area (TPSA) is 29.1 Å². The third kappa shape index (κ3) is 2.51. The SMILES string of the molecule is O=C1Nc2ccccc2C1=Cc1cc(Br)cc(Br)c1. The minimum absolute atomic E-state index is 0.0581. The average molecular weight is 379 g/mol. The molecule has 94 valence electrons. The summed E-state index contributed by atoms with van der Waals surface area (Å²) in [6.07, 6.45) is 1.90. The lowest BCUT2D eigenvalue weighted by Crippen LogP contribution is -2.03. The van der Waals surface area contributed by atoms with Crippen molar-refractivity contribution in [1.82, 2.24) is 0 Å². The first-order chi connectivity index (χ1) is 9.13. The Bertz CT molecular complexity index is 687. The Kier molecular flexibility index (Phi) is 3.29. The fourth-order valence-corrected chi connectivity index (χ4v) is 3.44. The summed E-state index contributed by atoms with van der Waals surface area (Å²) in [6.45, 7) is 0. The lowest BCUT2D eigenvalue weighted by atomic mass is 10.0. The summed E-state index contributed by atoms with van der Waals surface area (Å²) >= 11 is 6.90. The number of fused-ring (bicyclic) bond motifs is 1. The van der Waals surface area contributed by atoms with E-state index >= 15 is 0 Å². The van der Waals surface area contributed by atoms with Gasteiger partial charge >= 0.3 is 0 Å². The molecule has 0 saturated carbocycles. The molecule has 0 unspecified atom stereocenters. The number of hydrogen-bond acceptors (Lipinski definition) is 1. The van der Waals surface area contributed by atoms with E-state index in [-0.39, 0.29) is 5.91 Å². The molecule has 0 bridgehead atoms. The minimum Gasteiger partial charge on any atom is -0.321 e. The molecule has 4 heteroatoms. The number of hydrogen-bond donors (Lipinski definition) is 1. The van der Waals surface area contributed by atoms with Gasteiger partial charge in [-0.15, -0.1) is 0 Å². The van der Waals surface area contributed by atoms with Crippen LogP contribution in [0.2, 0.25) is 0 Å². The Morgan fingerprint density at radius 3 is 2.42 bits per heavy atom. The van der Waals surface area contributed by atoms with Gasteiger partial charge in [0.25, 0.3) is 5.91 Å². The highest BCUT2D eigenvalue weighted by molar-refractivity contribution is 9.11. The number of carbonyl (C=O) groups excluding carboxylic acids is 1. The summed E-state index contributed by atoms with van der Waals surface area (Å²) in [5.74, 6) is -0.0581. The molecule has 0 saturated heterocycles. The number of halogens is 2. The van der Waals surface area contributed by atoms with Crippen molar-refractivity contribution in [3.05, 3.63) is 62.5 Å². The largest absolute Gasteiger partial charge is 0.321 e. The lowest BCUT2D eigenvalue weighted by Gasteiger charge is -2.00. The van der Waals surface area contributed by atoms with Crippen LogP contribution in [0, 0.1) is 0 Å². The molecule has 0 spiro atoms. The molecule has 2 nitrogen and oxygen atoms in total. The standard InChI is InChI=1S/C15H9Br2NO/c16-10-5-9(6-11(17)8-10)7-13-12-3-1-2-4-14(12)18-15(13)19/h1-8H,(H,18,19). The molecule has 1 N–H and O–H groups in total. The molecule has 1 heterocycles. The van der Waals surface area contributed by atoms with Gasteiger partial charge in [0.15, 0.2) is 0 Å². The third-order valence-corrected chi connectivity index (χ3v) is 3.82. The van der Waals surface area contributed by atoms with Gasteiger partial charge in [-0.25, -0.2) is 0 Å². The Morgan fingerprint density at radius 2 is 1.68 bits per heavy atom. The zero-order chi connectivity index (χ0) is 13.4. The highest BCUT2D eigenvalue weighted by Crippen LogP contribution is 2.33. The molecular formula is C15H9Br2NO. The Morgan fingerprint density at radius 1 is 1.00 bits per heavy atom. The Hall–Kier alpha value is -1.39. The number of rotatable bonds is 1. The molecule has 2 aromatic carbocycles. The molecular weight excluding hydrogens is 370 g/mol. The number of benzene rings is 2. The highest BCUT2D eigenvalue weighted by atomic mass is 79.9. The van der Waals surface area contributed by atoms with Crippen LogP contribution < -0.4 is 5.32 Å². The number of para-hydroxylation sites is 1. The first-order valence-electron chi connectivity index (χ1n) is 5.72. The van der Waals surface area contributed by atoms with Crippen molar-refractivity contribution in [2.45, 2.75) is 0 Å². The monoisotopic (exact) mass is 377 g/mol. The second kappa shape index (κ2) is 4.94. The third-order valence-electron chi connectivity index (χ3n) is 2.91. The summed E-state index contributed by atoms with van der Waals surface area (Å²) < 4.78 is 1.95. The maximum absolute atomic E-state index is 12.0. The number of nitrogens with one attached hydrogen (secondary N) is 1. The zero-order valence-corrected chi connectivity index (χ0v) is 13.0. The Balaban J connectivity index is 2.11. The predicted octanol–water partition coefficient (Wildman–Crippen LogP) is 4.70. The molecule has 0 aromatic heterocycles. The summed E-state index contributed by atoms with van der Waals surface area (Å²) in [6, 6.07) is 13.6. The fraction of sp³-hybridized carbons (Fsp3) is 0. The summed E-state index contributed by atoms with van der Waals surface area (Å²) in [5, 5.41) is 2.87. The zero-order valence-electron chi connectivity index (χ0n) is 9.78. The van der Waals surface area contributed by atoms with Gasteiger partial charge in [0.05, 0.1) is 0 Å². The van der Waals surface area contributed by atoms with E-state index in [0.717, 1.165) is 25.8 Å². The van der Waals surface area contributed by atoms with E-state index in [2.05, 4.69) is 37.2 Å². The van der Waals surface area contributed by atoms with Gasteiger partial charge in [-0.05, 0) is 35.9 Å². The van der Waals surface area contributed by atoms with Crippen LogP contribution in [0.5, 0.6) is 0 Å². The minimum atomic E-state index is -0.0581. The van der Waals surface area contributed by atoms with Gasteiger partial charge < -0.3 is 5.32 Å². The van der Waals surface area contributed by atoms with Crippen LogP contribution in [-0.2, 0) is 4.79 Å². The van der Waals surface area contributed by atoms with E-state index in [9.17, 15) is 4.79 Å². The van der Waals surface area contributed by atoms with Crippen molar-refractivity contribution in [3.63, 3.8) is 0 Å². The molecule has 0 fully saturated rings. The molecule has 2 aromatic rings. The second-order valence-corrected chi connectivity index (χ2v) is 6.09. The average Bonchev–Trinajstić information content (AvgIpc) is 2.65. The van der Waals surface area contributed by atoms with Gasteiger partial charge in [0.1, 0.15) is 0 Å². The van der Waals surface area contributed by atoms with Crippen LogP contribution >= 0.6 is 31.9 Å². The van der Waals surface area contributed by atoms with Crippen molar-refractivity contribution in [1.29, 1.82) is 0 Å².